The van der Waals surface area contributed by atoms with Gasteiger partial charge in [-0.3, -0.25) is 4.98 Å². The molecule has 4 heteroatoms. The number of ether oxygens (including phenoxy) is 1. The van der Waals surface area contributed by atoms with E-state index in [4.69, 9.17) is 10.5 Å². The van der Waals surface area contributed by atoms with Gasteiger partial charge in [0.05, 0.1) is 6.20 Å². The van der Waals surface area contributed by atoms with Gasteiger partial charge in [0, 0.05) is 17.2 Å². The molecule has 0 amide bonds. The van der Waals surface area contributed by atoms with Crippen LogP contribution in [0.25, 0.3) is 0 Å². The van der Waals surface area contributed by atoms with E-state index < -0.39 is 0 Å². The van der Waals surface area contributed by atoms with Gasteiger partial charge in [-0.2, -0.15) is 0 Å². The molecule has 0 fully saturated rings. The summed E-state index contributed by atoms with van der Waals surface area (Å²) < 4.78 is 6.33. The van der Waals surface area contributed by atoms with Gasteiger partial charge in [-0.05, 0) is 28.9 Å². The molecule has 0 bridgehead atoms. The molecular weight excluding hydrogens is 220 g/mol. The van der Waals surface area contributed by atoms with E-state index in [2.05, 4.69) is 20.9 Å². The van der Waals surface area contributed by atoms with Gasteiger partial charge in [0.2, 0.25) is 0 Å². The number of hydrogen-bond donors (Lipinski definition) is 1. The Bertz CT molecular complexity index is 255. The Morgan fingerprint density at radius 3 is 3.00 bits per heavy atom. The van der Waals surface area contributed by atoms with Crippen molar-refractivity contribution >= 4 is 15.9 Å². The Hall–Kier alpha value is -0.610. The van der Waals surface area contributed by atoms with E-state index in [1.165, 1.54) is 0 Å². The first-order valence-electron chi connectivity index (χ1n) is 3.69. The molecule has 3 nitrogen and oxygen atoms in total. The number of pyridine rings is 1. The molecule has 0 saturated heterocycles. The molecular formula is C8H11BrN2O. The van der Waals surface area contributed by atoms with Crippen molar-refractivity contribution in [2.75, 3.05) is 6.54 Å². The van der Waals surface area contributed by atoms with Gasteiger partial charge >= 0.3 is 0 Å². The second kappa shape index (κ2) is 4.42. The number of aromatic nitrogens is 1. The molecule has 0 aromatic carbocycles. The van der Waals surface area contributed by atoms with Crippen molar-refractivity contribution in [2.24, 2.45) is 5.73 Å². The van der Waals surface area contributed by atoms with Crippen LogP contribution in [-0.2, 0) is 0 Å². The van der Waals surface area contributed by atoms with E-state index >= 15 is 0 Å². The zero-order valence-corrected chi connectivity index (χ0v) is 8.41. The summed E-state index contributed by atoms with van der Waals surface area (Å²) >= 11 is 3.30. The molecule has 1 heterocycles. The molecule has 1 rings (SSSR count). The largest absolute Gasteiger partial charge is 0.488 e. The van der Waals surface area contributed by atoms with Gasteiger partial charge in [-0.15, -0.1) is 0 Å². The summed E-state index contributed by atoms with van der Waals surface area (Å²) in [4.78, 5) is 3.96. The third kappa shape index (κ3) is 2.79. The van der Waals surface area contributed by atoms with E-state index in [0.717, 1.165) is 10.2 Å². The zero-order chi connectivity index (χ0) is 8.97. The normalized spacial score (nSPS) is 12.6. The average molecular weight is 231 g/mol. The van der Waals surface area contributed by atoms with Gasteiger partial charge in [0.1, 0.15) is 11.9 Å². The summed E-state index contributed by atoms with van der Waals surface area (Å²) in [6.07, 6.45) is 3.40. The molecule has 1 aromatic heterocycles. The SMILES string of the molecule is CC(CN)Oc1cncc(Br)c1. The van der Waals surface area contributed by atoms with Crippen LogP contribution in [0.4, 0.5) is 0 Å². The maximum absolute atomic E-state index is 5.43. The fourth-order valence-electron chi connectivity index (χ4n) is 0.737. The van der Waals surface area contributed by atoms with E-state index in [1.807, 2.05) is 13.0 Å². The van der Waals surface area contributed by atoms with Gasteiger partial charge in [0.15, 0.2) is 0 Å². The van der Waals surface area contributed by atoms with E-state index in [1.54, 1.807) is 12.4 Å². The Balaban J connectivity index is 2.63. The minimum Gasteiger partial charge on any atom is -0.488 e. The molecule has 0 aliphatic heterocycles. The van der Waals surface area contributed by atoms with Crippen LogP contribution < -0.4 is 10.5 Å². The Kier molecular flexibility index (Phi) is 3.49. The molecule has 1 unspecified atom stereocenters. The summed E-state index contributed by atoms with van der Waals surface area (Å²) in [6, 6.07) is 1.86. The number of nitrogens with two attached hydrogens (primary N) is 1. The van der Waals surface area contributed by atoms with Crippen molar-refractivity contribution in [2.45, 2.75) is 13.0 Å². The van der Waals surface area contributed by atoms with Crippen LogP contribution >= 0.6 is 15.9 Å². The van der Waals surface area contributed by atoms with Crippen molar-refractivity contribution < 1.29 is 4.74 Å². The van der Waals surface area contributed by atoms with Crippen molar-refractivity contribution in [1.29, 1.82) is 0 Å². The first-order chi connectivity index (χ1) is 5.72. The molecule has 0 saturated carbocycles. The summed E-state index contributed by atoms with van der Waals surface area (Å²) in [5.41, 5.74) is 5.40. The second-order valence-electron chi connectivity index (χ2n) is 2.50. The maximum atomic E-state index is 5.43. The lowest BCUT2D eigenvalue weighted by molar-refractivity contribution is 0.229. The summed E-state index contributed by atoms with van der Waals surface area (Å²) in [6.45, 7) is 2.42. The predicted octanol–water partition coefficient (Wildman–Crippen LogP) is 1.57. The monoisotopic (exact) mass is 230 g/mol. The van der Waals surface area contributed by atoms with Crippen LogP contribution in [0.15, 0.2) is 22.9 Å². The van der Waals surface area contributed by atoms with Crippen molar-refractivity contribution in [3.63, 3.8) is 0 Å². The highest BCUT2D eigenvalue weighted by atomic mass is 79.9. The molecule has 1 atom stereocenters. The quantitative estimate of drug-likeness (QED) is 0.858. The first-order valence-corrected chi connectivity index (χ1v) is 4.49. The van der Waals surface area contributed by atoms with Gasteiger partial charge in [-0.25, -0.2) is 0 Å². The third-order valence-corrected chi connectivity index (χ3v) is 1.78. The molecule has 0 aliphatic carbocycles. The summed E-state index contributed by atoms with van der Waals surface area (Å²) in [5, 5.41) is 0. The van der Waals surface area contributed by atoms with Crippen molar-refractivity contribution in [1.82, 2.24) is 4.98 Å². The minimum absolute atomic E-state index is 0.0288. The van der Waals surface area contributed by atoms with Crippen molar-refractivity contribution in [3.8, 4) is 5.75 Å². The van der Waals surface area contributed by atoms with Crippen LogP contribution in [0.3, 0.4) is 0 Å². The van der Waals surface area contributed by atoms with Crippen LogP contribution in [0, 0.1) is 0 Å². The lowest BCUT2D eigenvalue weighted by atomic mass is 10.4. The number of halogens is 1. The standard InChI is InChI=1S/C8H11BrN2O/c1-6(3-10)12-8-2-7(9)4-11-5-8/h2,4-6H,3,10H2,1H3. The highest BCUT2D eigenvalue weighted by Crippen LogP contribution is 2.16. The topological polar surface area (TPSA) is 48.1 Å². The minimum atomic E-state index is 0.0288. The average Bonchev–Trinajstić information content (AvgIpc) is 2.04. The lowest BCUT2D eigenvalue weighted by Crippen LogP contribution is -2.22. The zero-order valence-electron chi connectivity index (χ0n) is 6.83. The Morgan fingerprint density at radius 2 is 2.42 bits per heavy atom. The molecule has 0 radical (unpaired) electrons. The van der Waals surface area contributed by atoms with E-state index in [9.17, 15) is 0 Å². The Morgan fingerprint density at radius 1 is 1.67 bits per heavy atom. The van der Waals surface area contributed by atoms with Crippen LogP contribution in [-0.4, -0.2) is 17.6 Å². The fourth-order valence-corrected chi connectivity index (χ4v) is 1.08. The first kappa shape index (κ1) is 9.48. The maximum Gasteiger partial charge on any atom is 0.139 e. The summed E-state index contributed by atoms with van der Waals surface area (Å²) in [7, 11) is 0. The van der Waals surface area contributed by atoms with E-state index in [-0.39, 0.29) is 6.10 Å². The molecule has 12 heavy (non-hydrogen) atoms. The fraction of sp³-hybridized carbons (Fsp3) is 0.375. The third-order valence-electron chi connectivity index (χ3n) is 1.35. The van der Waals surface area contributed by atoms with Gasteiger partial charge < -0.3 is 10.5 Å². The van der Waals surface area contributed by atoms with Crippen LogP contribution in [0.2, 0.25) is 0 Å². The number of rotatable bonds is 3. The molecule has 2 N–H and O–H groups in total. The highest BCUT2D eigenvalue weighted by molar-refractivity contribution is 9.10. The van der Waals surface area contributed by atoms with Crippen molar-refractivity contribution in [3.05, 3.63) is 22.9 Å². The van der Waals surface area contributed by atoms with Gasteiger partial charge in [0.25, 0.3) is 0 Å². The second-order valence-corrected chi connectivity index (χ2v) is 3.42. The molecule has 0 aliphatic rings. The Labute approximate surface area is 80.1 Å². The highest BCUT2D eigenvalue weighted by Gasteiger charge is 2.00. The molecule has 66 valence electrons. The predicted molar refractivity (Wildman–Crippen MR) is 51.1 cm³/mol. The van der Waals surface area contributed by atoms with Crippen LogP contribution in [0.5, 0.6) is 5.75 Å². The smallest absolute Gasteiger partial charge is 0.139 e. The number of hydrogen-bond acceptors (Lipinski definition) is 3. The lowest BCUT2D eigenvalue weighted by Gasteiger charge is -2.11. The van der Waals surface area contributed by atoms with E-state index in [0.29, 0.717) is 6.54 Å². The molecule has 1 aromatic rings. The van der Waals surface area contributed by atoms with Gasteiger partial charge in [-0.1, -0.05) is 0 Å². The van der Waals surface area contributed by atoms with Crippen LogP contribution in [0.1, 0.15) is 6.92 Å². The number of nitrogens with zero attached hydrogens (tertiary/aromatic N) is 1. The molecule has 0 spiro atoms. The summed E-state index contributed by atoms with van der Waals surface area (Å²) in [5.74, 6) is 0.738.